The number of hydrogen-bond donors (Lipinski definition) is 2. The van der Waals surface area contributed by atoms with Gasteiger partial charge in [-0.3, -0.25) is 0 Å². The van der Waals surface area contributed by atoms with Crippen molar-refractivity contribution < 1.29 is 11.3 Å². The molecule has 46 heavy (non-hydrogen) atoms. The summed E-state index contributed by atoms with van der Waals surface area (Å²) in [5, 5.41) is 10.9. The molecular weight excluding hydrogens is 562 g/mol. The molecule has 9 atom stereocenters. The Bertz CT molecular complexity index is 921. The van der Waals surface area contributed by atoms with Gasteiger partial charge in [0.2, 0.25) is 0 Å². The Morgan fingerprint density at radius 1 is 0.978 bits per heavy atom. The van der Waals surface area contributed by atoms with Gasteiger partial charge in [-0.15, -0.1) is 0 Å². The van der Waals surface area contributed by atoms with Crippen LogP contribution in [-0.4, -0.2) is 30.0 Å². The van der Waals surface area contributed by atoms with Gasteiger partial charge in [0.15, 0.2) is 0 Å². The van der Waals surface area contributed by atoms with E-state index in [2.05, 4.69) is 66.7 Å². The van der Waals surface area contributed by atoms with Crippen molar-refractivity contribution in [2.45, 2.75) is 190 Å². The summed E-state index contributed by atoms with van der Waals surface area (Å²) in [6.45, 7) is 22.1. The third-order valence-corrected chi connectivity index (χ3v) is 13.2. The lowest BCUT2D eigenvalue weighted by molar-refractivity contribution is -0.0782. The summed E-state index contributed by atoms with van der Waals surface area (Å²) in [5.41, 5.74) is 8.46. The standard InChI is InChI=1S/C31H51O.C10H21NO.C2H6.H2/c1-21-8-7-9-23(16-21)11-13-29(32)25-12-10-24(18-25)19-26-20-28-27(17-22(26)2)30(3,4)14-15-31(28,5)6;1-2-4-9(11)6-7-10-5-3-8-12-10;1-2;/h7-8,16,22,24-29,32H,9-15,17-20H2,1-6H3;9-10H,2-8,11H2,1H3;1-2H3;1H/t22?,24-,25?,26?,27?,28+,29?;9-,10?;;/m10../s1. The lowest BCUT2D eigenvalue weighted by atomic mass is 9.48. The van der Waals surface area contributed by atoms with Crippen molar-refractivity contribution in [3.05, 3.63) is 29.7 Å². The zero-order chi connectivity index (χ0) is 33.9. The molecule has 1 heterocycles. The maximum atomic E-state index is 10.9. The monoisotopic (exact) mass is 643 g/mol. The Balaban J connectivity index is 0.000000432. The van der Waals surface area contributed by atoms with Crippen LogP contribution in [0, 0.1) is 52.3 Å². The van der Waals surface area contributed by atoms with Crippen molar-refractivity contribution in [3.63, 3.8) is 0 Å². The number of nitrogens with two attached hydrogens (primary N) is 1. The highest BCUT2D eigenvalue weighted by Gasteiger charge is 2.51. The second kappa shape index (κ2) is 18.9. The lowest BCUT2D eigenvalue weighted by Gasteiger charge is -2.57. The van der Waals surface area contributed by atoms with E-state index >= 15 is 0 Å². The van der Waals surface area contributed by atoms with Crippen molar-refractivity contribution >= 4 is 0 Å². The minimum absolute atomic E-state index is 0. The molecule has 6 unspecified atom stereocenters. The first kappa shape index (κ1) is 39.8. The van der Waals surface area contributed by atoms with Crippen LogP contribution < -0.4 is 5.73 Å². The first-order chi connectivity index (χ1) is 21.9. The number of fused-ring (bicyclic) bond motifs is 1. The van der Waals surface area contributed by atoms with Crippen LogP contribution >= 0.6 is 0 Å². The number of allylic oxidation sites excluding steroid dienone is 4. The summed E-state index contributed by atoms with van der Waals surface area (Å²) in [5.74, 6) is 6.36. The van der Waals surface area contributed by atoms with Gasteiger partial charge in [0.05, 0.1) is 12.2 Å². The topological polar surface area (TPSA) is 55.5 Å². The average Bonchev–Trinajstić information content (AvgIpc) is 3.72. The van der Waals surface area contributed by atoms with E-state index in [9.17, 15) is 5.11 Å². The largest absolute Gasteiger partial charge is 0.393 e. The van der Waals surface area contributed by atoms with Crippen LogP contribution in [0.4, 0.5) is 0 Å². The van der Waals surface area contributed by atoms with E-state index in [-0.39, 0.29) is 7.53 Å². The molecule has 1 saturated heterocycles. The highest BCUT2D eigenvalue weighted by Crippen LogP contribution is 2.60. The molecule has 1 radical (unpaired) electrons. The van der Waals surface area contributed by atoms with Gasteiger partial charge in [0.1, 0.15) is 0 Å². The van der Waals surface area contributed by atoms with Crippen LogP contribution in [0.3, 0.4) is 0 Å². The van der Waals surface area contributed by atoms with E-state index < -0.39 is 0 Å². The fraction of sp³-hybridized carbons (Fsp3) is 0.884. The van der Waals surface area contributed by atoms with Crippen molar-refractivity contribution in [1.82, 2.24) is 0 Å². The highest BCUT2D eigenvalue weighted by molar-refractivity contribution is 5.30. The van der Waals surface area contributed by atoms with Gasteiger partial charge in [-0.05, 0) is 143 Å². The molecule has 269 valence electrons. The van der Waals surface area contributed by atoms with Crippen LogP contribution in [0.2, 0.25) is 0 Å². The second-order valence-corrected chi connectivity index (χ2v) is 17.6. The fourth-order valence-electron chi connectivity index (χ4n) is 10.0. The molecule has 3 N–H and O–H groups in total. The van der Waals surface area contributed by atoms with Gasteiger partial charge < -0.3 is 15.6 Å². The molecule has 0 aromatic carbocycles. The van der Waals surface area contributed by atoms with Crippen molar-refractivity contribution in [1.29, 1.82) is 0 Å². The first-order valence-electron chi connectivity index (χ1n) is 20.1. The third kappa shape index (κ3) is 11.8. The summed E-state index contributed by atoms with van der Waals surface area (Å²) >= 11 is 0. The predicted octanol–water partition coefficient (Wildman–Crippen LogP) is 11.9. The van der Waals surface area contributed by atoms with Crippen LogP contribution in [0.1, 0.15) is 173 Å². The minimum Gasteiger partial charge on any atom is -0.393 e. The predicted molar refractivity (Wildman–Crippen MR) is 202 cm³/mol. The van der Waals surface area contributed by atoms with Crippen molar-refractivity contribution in [2.75, 3.05) is 6.61 Å². The number of rotatable bonds is 11. The SMILES string of the molecule is CC.CCC[C@H](N)CCC1CCCO1.C[C]1C=CCC(CCC(O)C2CC[C@@H](CC3C[C@H]4C(CC3C)C(C)(C)CCC4(C)C)C2)=C1.[HH]. The number of aliphatic hydroxyl groups excluding tert-OH is 1. The maximum Gasteiger partial charge on any atom is 0.0576 e. The third-order valence-electron chi connectivity index (χ3n) is 13.2. The quantitative estimate of drug-likeness (QED) is 0.236. The van der Waals surface area contributed by atoms with Crippen LogP contribution in [0.25, 0.3) is 0 Å². The Morgan fingerprint density at radius 3 is 2.30 bits per heavy atom. The van der Waals surface area contributed by atoms with Gasteiger partial charge >= 0.3 is 0 Å². The molecule has 0 bridgehead atoms. The van der Waals surface area contributed by atoms with Crippen molar-refractivity contribution in [3.8, 4) is 0 Å². The van der Waals surface area contributed by atoms with E-state index in [0.717, 1.165) is 68.3 Å². The molecule has 0 aromatic heterocycles. The molecule has 0 amide bonds. The van der Waals surface area contributed by atoms with E-state index in [1.54, 1.807) is 0 Å². The first-order valence-corrected chi connectivity index (χ1v) is 20.1. The van der Waals surface area contributed by atoms with Gasteiger partial charge in [0, 0.05) is 20.0 Å². The Labute approximate surface area is 288 Å². The van der Waals surface area contributed by atoms with E-state index in [4.69, 9.17) is 10.5 Å². The molecule has 0 aromatic rings. The fourth-order valence-corrected chi connectivity index (χ4v) is 10.0. The Morgan fingerprint density at radius 2 is 1.67 bits per heavy atom. The summed E-state index contributed by atoms with van der Waals surface area (Å²) in [6, 6.07) is 0.402. The average molecular weight is 643 g/mol. The molecule has 3 nitrogen and oxygen atoms in total. The van der Waals surface area contributed by atoms with E-state index in [1.807, 2.05) is 13.8 Å². The minimum atomic E-state index is -0.0988. The molecule has 0 spiro atoms. The van der Waals surface area contributed by atoms with Crippen LogP contribution in [0.5, 0.6) is 0 Å². The van der Waals surface area contributed by atoms with Crippen LogP contribution in [0.15, 0.2) is 23.8 Å². The second-order valence-electron chi connectivity index (χ2n) is 17.6. The lowest BCUT2D eigenvalue weighted by Crippen LogP contribution is -2.49. The zero-order valence-electron chi connectivity index (χ0n) is 32.1. The normalized spacial score (nSPS) is 34.8. The highest BCUT2D eigenvalue weighted by atomic mass is 16.5. The Hall–Kier alpha value is -0.640. The molecule has 5 aliphatic rings. The molecular formula is C43H80NO2. The van der Waals surface area contributed by atoms with E-state index in [0.29, 0.717) is 28.9 Å². The summed E-state index contributed by atoms with van der Waals surface area (Å²) in [4.78, 5) is 0. The summed E-state index contributed by atoms with van der Waals surface area (Å²) in [7, 11) is 0. The van der Waals surface area contributed by atoms with E-state index in [1.165, 1.54) is 88.5 Å². The Kier molecular flexibility index (Phi) is 16.4. The molecule has 1 aliphatic heterocycles. The van der Waals surface area contributed by atoms with Crippen LogP contribution in [-0.2, 0) is 4.74 Å². The smallest absolute Gasteiger partial charge is 0.0576 e. The van der Waals surface area contributed by atoms with Gasteiger partial charge in [-0.25, -0.2) is 0 Å². The summed E-state index contributed by atoms with van der Waals surface area (Å²) < 4.78 is 5.53. The molecule has 3 heteroatoms. The van der Waals surface area contributed by atoms with Crippen molar-refractivity contribution in [2.24, 2.45) is 52.1 Å². The van der Waals surface area contributed by atoms with Gasteiger partial charge in [-0.2, -0.15) is 0 Å². The molecule has 3 saturated carbocycles. The molecule has 4 aliphatic carbocycles. The maximum absolute atomic E-state index is 10.9. The van der Waals surface area contributed by atoms with Gasteiger partial charge in [0.25, 0.3) is 0 Å². The molecule has 4 fully saturated rings. The molecule has 5 rings (SSSR count). The zero-order valence-corrected chi connectivity index (χ0v) is 32.1. The van der Waals surface area contributed by atoms with Gasteiger partial charge in [-0.1, -0.05) is 99.0 Å². The summed E-state index contributed by atoms with van der Waals surface area (Å²) in [6.07, 6.45) is 28.5. The number of aliphatic hydroxyl groups is 1. The number of hydrogen-bond acceptors (Lipinski definition) is 3. The number of ether oxygens (including phenoxy) is 1.